The highest BCUT2D eigenvalue weighted by atomic mass is 16.7. The summed E-state index contributed by atoms with van der Waals surface area (Å²) in [6, 6.07) is 0. The van der Waals surface area contributed by atoms with Gasteiger partial charge in [0.1, 0.15) is 13.2 Å². The van der Waals surface area contributed by atoms with Crippen molar-refractivity contribution in [3.05, 3.63) is 109 Å². The number of allylic oxidation sites excluding steroid dienone is 18. The summed E-state index contributed by atoms with van der Waals surface area (Å²) in [6.45, 7) is 4.68. The number of rotatable bonds is 48. The number of quaternary nitrogens is 1. The van der Waals surface area contributed by atoms with Crippen LogP contribution in [0.4, 0.5) is 0 Å². The Morgan fingerprint density at radius 3 is 1.23 bits per heavy atom. The van der Waals surface area contributed by atoms with Crippen molar-refractivity contribution < 1.29 is 42.9 Å². The lowest BCUT2D eigenvalue weighted by Crippen LogP contribution is -2.40. The van der Waals surface area contributed by atoms with Gasteiger partial charge in [0.2, 0.25) is 0 Å². The van der Waals surface area contributed by atoms with Crippen molar-refractivity contribution in [1.82, 2.24) is 0 Å². The van der Waals surface area contributed by atoms with Crippen LogP contribution in [0.25, 0.3) is 0 Å². The second-order valence-corrected chi connectivity index (χ2v) is 18.8. The zero-order valence-corrected chi connectivity index (χ0v) is 44.4. The first kappa shape index (κ1) is 65.0. The summed E-state index contributed by atoms with van der Waals surface area (Å²) in [5.41, 5.74) is 0. The standard InChI is InChI=1S/C60H99NO8/c1-6-8-10-12-14-16-18-20-22-23-24-25-26-27-28-29-30-31-32-33-34-35-37-39-41-43-45-47-49-51-58(63)69-56(55-68-60(59(64)65)66-53-52-61(3,4)5)54-67-57(62)50-48-46-44-42-40-38-36-21-19-17-15-13-11-9-7-2/h8,10,14-17,20-22,24-25,27-28,30-31,33-34,36,56,60H,6-7,9,11-13,18-19,23,26,29,32,35,37-55H2,1-5H3/p+1/b10-8-,16-14-,17-15-,22-20-,25-24-,28-27-,31-30-,34-33-,36-21-. The van der Waals surface area contributed by atoms with E-state index >= 15 is 0 Å². The molecule has 0 fully saturated rings. The second-order valence-electron chi connectivity index (χ2n) is 18.8. The predicted molar refractivity (Wildman–Crippen MR) is 290 cm³/mol. The Morgan fingerprint density at radius 2 is 0.826 bits per heavy atom. The molecule has 9 nitrogen and oxygen atoms in total. The summed E-state index contributed by atoms with van der Waals surface area (Å²) >= 11 is 0. The van der Waals surface area contributed by atoms with Crippen LogP contribution in [0, 0.1) is 0 Å². The molecule has 0 rings (SSSR count). The zero-order valence-electron chi connectivity index (χ0n) is 44.4. The minimum absolute atomic E-state index is 0.177. The zero-order chi connectivity index (χ0) is 50.6. The predicted octanol–water partition coefficient (Wildman–Crippen LogP) is 15.6. The van der Waals surface area contributed by atoms with Crippen molar-refractivity contribution in [3.8, 4) is 0 Å². The maximum atomic E-state index is 12.8. The number of hydrogen-bond donors (Lipinski definition) is 1. The summed E-state index contributed by atoms with van der Waals surface area (Å²) in [4.78, 5) is 37.3. The molecule has 0 aromatic carbocycles. The topological polar surface area (TPSA) is 108 Å². The van der Waals surface area contributed by atoms with Crippen LogP contribution >= 0.6 is 0 Å². The molecule has 0 aromatic heterocycles. The van der Waals surface area contributed by atoms with Crippen LogP contribution in [0.15, 0.2) is 109 Å². The molecule has 69 heavy (non-hydrogen) atoms. The largest absolute Gasteiger partial charge is 0.477 e. The highest BCUT2D eigenvalue weighted by molar-refractivity contribution is 5.71. The number of hydrogen-bond acceptors (Lipinski definition) is 7. The minimum atomic E-state index is -1.52. The van der Waals surface area contributed by atoms with Crippen LogP contribution in [-0.2, 0) is 33.3 Å². The highest BCUT2D eigenvalue weighted by Crippen LogP contribution is 2.13. The van der Waals surface area contributed by atoms with Crippen LogP contribution in [0.3, 0.4) is 0 Å². The van der Waals surface area contributed by atoms with E-state index in [1.807, 2.05) is 21.1 Å². The van der Waals surface area contributed by atoms with Crippen LogP contribution in [-0.4, -0.2) is 87.4 Å². The molecule has 9 heteroatoms. The number of aliphatic carboxylic acids is 1. The van der Waals surface area contributed by atoms with Gasteiger partial charge in [-0.2, -0.15) is 0 Å². The second kappa shape index (κ2) is 50.3. The Labute approximate surface area is 422 Å². The summed E-state index contributed by atoms with van der Waals surface area (Å²) in [5, 5.41) is 9.68. The molecule has 2 unspecified atom stereocenters. The molecule has 0 radical (unpaired) electrons. The molecule has 0 aliphatic heterocycles. The SMILES string of the molecule is CC/C=C\C/C=C\C/C=C\C/C=C\C/C=C\C/C=C\C/C=C\CCCCCCCCCC(=O)OC(COC(=O)CCCCCCC/C=C\C/C=C\CCCCC)COC(OCC[N+](C)(C)C)C(=O)O. The van der Waals surface area contributed by atoms with E-state index in [1.54, 1.807) is 0 Å². The maximum Gasteiger partial charge on any atom is 0.361 e. The van der Waals surface area contributed by atoms with Crippen molar-refractivity contribution >= 4 is 17.9 Å². The van der Waals surface area contributed by atoms with Gasteiger partial charge in [-0.1, -0.05) is 187 Å². The Hall–Kier alpha value is -4.05. The summed E-state index contributed by atoms with van der Waals surface area (Å²) < 4.78 is 22.8. The highest BCUT2D eigenvalue weighted by Gasteiger charge is 2.25. The number of carbonyl (C=O) groups excluding carboxylic acids is 2. The van der Waals surface area contributed by atoms with E-state index in [1.165, 1.54) is 44.9 Å². The first-order valence-corrected chi connectivity index (χ1v) is 27.1. The molecular formula is C60H100NO8+. The number of esters is 2. The van der Waals surface area contributed by atoms with Gasteiger partial charge < -0.3 is 28.5 Å². The smallest absolute Gasteiger partial charge is 0.361 e. The van der Waals surface area contributed by atoms with Gasteiger partial charge in [0.15, 0.2) is 6.10 Å². The first-order valence-electron chi connectivity index (χ1n) is 27.1. The maximum absolute atomic E-state index is 12.8. The normalized spacial score (nSPS) is 13.7. The van der Waals surface area contributed by atoms with Crippen LogP contribution < -0.4 is 0 Å². The van der Waals surface area contributed by atoms with Crippen molar-refractivity contribution in [3.63, 3.8) is 0 Å². The fourth-order valence-corrected chi connectivity index (χ4v) is 6.84. The van der Waals surface area contributed by atoms with Gasteiger partial charge in [-0.15, -0.1) is 0 Å². The van der Waals surface area contributed by atoms with Crippen molar-refractivity contribution in [2.24, 2.45) is 0 Å². The fourth-order valence-electron chi connectivity index (χ4n) is 6.84. The van der Waals surface area contributed by atoms with E-state index in [-0.39, 0.29) is 38.6 Å². The monoisotopic (exact) mass is 963 g/mol. The van der Waals surface area contributed by atoms with Crippen LogP contribution in [0.5, 0.6) is 0 Å². The van der Waals surface area contributed by atoms with E-state index in [4.69, 9.17) is 18.9 Å². The number of nitrogens with zero attached hydrogens (tertiary/aromatic N) is 1. The molecule has 2 atom stereocenters. The average Bonchev–Trinajstić information content (AvgIpc) is 3.31. The lowest BCUT2D eigenvalue weighted by Gasteiger charge is -2.25. The van der Waals surface area contributed by atoms with E-state index in [9.17, 15) is 19.5 Å². The number of unbranched alkanes of at least 4 members (excludes halogenated alkanes) is 15. The molecule has 392 valence electrons. The van der Waals surface area contributed by atoms with Gasteiger partial charge in [-0.25, -0.2) is 4.79 Å². The van der Waals surface area contributed by atoms with Crippen molar-refractivity contribution in [1.29, 1.82) is 0 Å². The Morgan fingerprint density at radius 1 is 0.449 bits per heavy atom. The number of carbonyl (C=O) groups is 3. The van der Waals surface area contributed by atoms with E-state index in [0.29, 0.717) is 17.4 Å². The molecule has 0 amide bonds. The Balaban J connectivity index is 4.34. The number of carboxylic acids is 1. The van der Waals surface area contributed by atoms with Crippen LogP contribution in [0.1, 0.15) is 194 Å². The summed E-state index contributed by atoms with van der Waals surface area (Å²) in [6.07, 6.45) is 65.8. The van der Waals surface area contributed by atoms with Gasteiger partial charge in [-0.3, -0.25) is 9.59 Å². The van der Waals surface area contributed by atoms with Crippen molar-refractivity contribution in [2.75, 3.05) is 47.5 Å². The first-order chi connectivity index (χ1) is 33.6. The molecule has 1 N–H and O–H groups in total. The average molecular weight is 963 g/mol. The van der Waals surface area contributed by atoms with Gasteiger partial charge in [0.25, 0.3) is 6.29 Å². The van der Waals surface area contributed by atoms with E-state index in [0.717, 1.165) is 116 Å². The lowest BCUT2D eigenvalue weighted by molar-refractivity contribution is -0.870. The number of carboxylic acid groups (broad SMARTS) is 1. The summed E-state index contributed by atoms with van der Waals surface area (Å²) in [5.74, 6) is -2.05. The van der Waals surface area contributed by atoms with Gasteiger partial charge >= 0.3 is 17.9 Å². The molecule has 0 aromatic rings. The third-order valence-electron chi connectivity index (χ3n) is 11.0. The third kappa shape index (κ3) is 51.6. The van der Waals surface area contributed by atoms with Gasteiger partial charge in [-0.05, 0) is 103 Å². The number of ether oxygens (including phenoxy) is 4. The summed E-state index contributed by atoms with van der Waals surface area (Å²) in [7, 11) is 5.94. The molecule has 0 saturated heterocycles. The minimum Gasteiger partial charge on any atom is -0.477 e. The molecular weight excluding hydrogens is 863 g/mol. The number of likely N-dealkylation sites (N-methyl/N-ethyl adjacent to an activating group) is 1. The van der Waals surface area contributed by atoms with Crippen molar-refractivity contribution in [2.45, 2.75) is 206 Å². The molecule has 0 bridgehead atoms. The molecule has 0 saturated carbocycles. The van der Waals surface area contributed by atoms with Crippen LogP contribution in [0.2, 0.25) is 0 Å². The Kier molecular flexibility index (Phi) is 47.4. The molecule has 0 spiro atoms. The third-order valence-corrected chi connectivity index (χ3v) is 11.0. The fraction of sp³-hybridized carbons (Fsp3) is 0.650. The Bertz CT molecular complexity index is 1490. The molecule has 0 aliphatic rings. The quantitative estimate of drug-likeness (QED) is 0.0211. The van der Waals surface area contributed by atoms with E-state index < -0.39 is 24.3 Å². The van der Waals surface area contributed by atoms with Gasteiger partial charge in [0, 0.05) is 12.8 Å². The molecule has 0 heterocycles. The van der Waals surface area contributed by atoms with Gasteiger partial charge in [0.05, 0.1) is 34.4 Å². The lowest BCUT2D eigenvalue weighted by atomic mass is 10.1. The van der Waals surface area contributed by atoms with E-state index in [2.05, 4.69) is 123 Å². The molecule has 0 aliphatic carbocycles.